The van der Waals surface area contributed by atoms with Crippen molar-refractivity contribution in [2.45, 2.75) is 26.7 Å². The summed E-state index contributed by atoms with van der Waals surface area (Å²) < 4.78 is 5.31. The van der Waals surface area contributed by atoms with Crippen LogP contribution in [0, 0.1) is 6.92 Å². The number of methoxy groups -OCH3 is 1. The fourth-order valence-electron chi connectivity index (χ4n) is 1.74. The number of benzene rings is 1. The molecule has 3 heteroatoms. The van der Waals surface area contributed by atoms with Gasteiger partial charge in [0.05, 0.1) is 13.7 Å². The predicted octanol–water partition coefficient (Wildman–Crippen LogP) is 2.27. The Morgan fingerprint density at radius 1 is 1.44 bits per heavy atom. The first-order valence-corrected chi connectivity index (χ1v) is 5.43. The van der Waals surface area contributed by atoms with Gasteiger partial charge in [-0.05, 0) is 36.1 Å². The van der Waals surface area contributed by atoms with Crippen molar-refractivity contribution in [2.24, 2.45) is 5.73 Å². The standard InChI is InChI=1S/C13H19NO2/c1-8(2)10-6-11(12(15)7-14)9(3)5-13(10)16-4/h5-6,8H,7,14H2,1-4H3. The second-order valence-electron chi connectivity index (χ2n) is 4.19. The molecule has 0 heterocycles. The predicted molar refractivity (Wildman–Crippen MR) is 65.2 cm³/mol. The lowest BCUT2D eigenvalue weighted by Gasteiger charge is -2.15. The Morgan fingerprint density at radius 2 is 2.06 bits per heavy atom. The van der Waals surface area contributed by atoms with E-state index in [0.717, 1.165) is 16.9 Å². The number of ether oxygens (including phenoxy) is 1. The van der Waals surface area contributed by atoms with Crippen LogP contribution in [0.5, 0.6) is 5.75 Å². The zero-order valence-corrected chi connectivity index (χ0v) is 10.3. The molecule has 16 heavy (non-hydrogen) atoms. The van der Waals surface area contributed by atoms with Gasteiger partial charge < -0.3 is 10.5 Å². The topological polar surface area (TPSA) is 52.3 Å². The van der Waals surface area contributed by atoms with E-state index < -0.39 is 0 Å². The summed E-state index contributed by atoms with van der Waals surface area (Å²) >= 11 is 0. The van der Waals surface area contributed by atoms with Crippen molar-refractivity contribution in [1.29, 1.82) is 0 Å². The van der Waals surface area contributed by atoms with Crippen molar-refractivity contribution in [1.82, 2.24) is 0 Å². The van der Waals surface area contributed by atoms with E-state index in [1.54, 1.807) is 7.11 Å². The summed E-state index contributed by atoms with van der Waals surface area (Å²) in [5.74, 6) is 1.13. The molecule has 2 N–H and O–H groups in total. The highest BCUT2D eigenvalue weighted by molar-refractivity contribution is 5.99. The fraction of sp³-hybridized carbons (Fsp3) is 0.462. The molecule has 88 valence electrons. The number of carbonyl (C=O) groups excluding carboxylic acids is 1. The quantitative estimate of drug-likeness (QED) is 0.793. The first-order chi connectivity index (χ1) is 7.51. The summed E-state index contributed by atoms with van der Waals surface area (Å²) in [6.07, 6.45) is 0. The molecule has 0 aliphatic carbocycles. The van der Waals surface area contributed by atoms with E-state index in [4.69, 9.17) is 10.5 Å². The molecule has 0 fully saturated rings. The Hall–Kier alpha value is -1.35. The summed E-state index contributed by atoms with van der Waals surface area (Å²) in [6.45, 7) is 6.09. The molecule has 0 atom stereocenters. The minimum absolute atomic E-state index is 0.0259. The van der Waals surface area contributed by atoms with E-state index >= 15 is 0 Å². The minimum Gasteiger partial charge on any atom is -0.496 e. The average Bonchev–Trinajstić information content (AvgIpc) is 2.27. The molecule has 0 aliphatic heterocycles. The Morgan fingerprint density at radius 3 is 2.50 bits per heavy atom. The maximum atomic E-state index is 11.6. The third kappa shape index (κ3) is 2.42. The molecule has 1 aromatic carbocycles. The third-order valence-electron chi connectivity index (χ3n) is 2.68. The molecule has 0 radical (unpaired) electrons. The highest BCUT2D eigenvalue weighted by Crippen LogP contribution is 2.29. The number of nitrogens with two attached hydrogens (primary N) is 1. The lowest BCUT2D eigenvalue weighted by atomic mass is 9.94. The molecular formula is C13H19NO2. The molecule has 1 rings (SSSR count). The van der Waals surface area contributed by atoms with E-state index in [1.807, 2.05) is 19.1 Å². The molecule has 0 saturated heterocycles. The summed E-state index contributed by atoms with van der Waals surface area (Å²) in [5, 5.41) is 0. The zero-order chi connectivity index (χ0) is 12.3. The number of rotatable bonds is 4. The van der Waals surface area contributed by atoms with Gasteiger partial charge in [0, 0.05) is 5.56 Å². The number of aryl methyl sites for hydroxylation is 1. The van der Waals surface area contributed by atoms with E-state index in [0.29, 0.717) is 11.5 Å². The Balaban J connectivity index is 3.33. The van der Waals surface area contributed by atoms with Gasteiger partial charge in [0.25, 0.3) is 0 Å². The van der Waals surface area contributed by atoms with Crippen LogP contribution in [0.4, 0.5) is 0 Å². The molecule has 0 bridgehead atoms. The first-order valence-electron chi connectivity index (χ1n) is 5.43. The SMILES string of the molecule is COc1cc(C)c(C(=O)CN)cc1C(C)C. The molecule has 0 aromatic heterocycles. The van der Waals surface area contributed by atoms with Crippen LogP contribution in [0.15, 0.2) is 12.1 Å². The highest BCUT2D eigenvalue weighted by atomic mass is 16.5. The van der Waals surface area contributed by atoms with Gasteiger partial charge in [-0.2, -0.15) is 0 Å². The second-order valence-corrected chi connectivity index (χ2v) is 4.19. The van der Waals surface area contributed by atoms with E-state index in [1.165, 1.54) is 0 Å². The first kappa shape index (κ1) is 12.7. The normalized spacial score (nSPS) is 10.6. The van der Waals surface area contributed by atoms with Crippen molar-refractivity contribution in [3.8, 4) is 5.75 Å². The van der Waals surface area contributed by atoms with Gasteiger partial charge in [0.15, 0.2) is 5.78 Å². The maximum Gasteiger partial charge on any atom is 0.176 e. The van der Waals surface area contributed by atoms with Crippen molar-refractivity contribution in [2.75, 3.05) is 13.7 Å². The Bertz CT molecular complexity index is 397. The molecule has 0 saturated carbocycles. The minimum atomic E-state index is -0.0259. The molecule has 1 aromatic rings. The number of carbonyl (C=O) groups is 1. The van der Waals surface area contributed by atoms with E-state index in [-0.39, 0.29) is 12.3 Å². The van der Waals surface area contributed by atoms with Crippen LogP contribution in [0.25, 0.3) is 0 Å². The third-order valence-corrected chi connectivity index (χ3v) is 2.68. The molecule has 0 aliphatic rings. The maximum absolute atomic E-state index is 11.6. The second kappa shape index (κ2) is 5.12. The van der Waals surface area contributed by atoms with Gasteiger partial charge in [0.2, 0.25) is 0 Å². The molecular weight excluding hydrogens is 202 g/mol. The molecule has 3 nitrogen and oxygen atoms in total. The van der Waals surface area contributed by atoms with Gasteiger partial charge in [-0.1, -0.05) is 13.8 Å². The van der Waals surface area contributed by atoms with E-state index in [2.05, 4.69) is 13.8 Å². The number of Topliss-reactive ketones (excluding diaryl/α,β-unsaturated/α-hetero) is 1. The van der Waals surface area contributed by atoms with Crippen LogP contribution in [0.1, 0.15) is 41.3 Å². The van der Waals surface area contributed by atoms with Crippen LogP contribution in [-0.2, 0) is 0 Å². The summed E-state index contributed by atoms with van der Waals surface area (Å²) in [5.41, 5.74) is 8.05. The summed E-state index contributed by atoms with van der Waals surface area (Å²) in [4.78, 5) is 11.6. The number of ketones is 1. The fourth-order valence-corrected chi connectivity index (χ4v) is 1.74. The van der Waals surface area contributed by atoms with Crippen LogP contribution < -0.4 is 10.5 Å². The Labute approximate surface area is 96.6 Å². The molecule has 0 spiro atoms. The van der Waals surface area contributed by atoms with Crippen molar-refractivity contribution in [3.63, 3.8) is 0 Å². The van der Waals surface area contributed by atoms with Crippen molar-refractivity contribution in [3.05, 3.63) is 28.8 Å². The molecule has 0 amide bonds. The smallest absolute Gasteiger partial charge is 0.176 e. The molecule has 0 unspecified atom stereocenters. The van der Waals surface area contributed by atoms with Gasteiger partial charge in [-0.15, -0.1) is 0 Å². The summed E-state index contributed by atoms with van der Waals surface area (Å²) in [7, 11) is 1.64. The Kier molecular flexibility index (Phi) is 4.07. The number of hydrogen-bond donors (Lipinski definition) is 1. The van der Waals surface area contributed by atoms with Gasteiger partial charge in [0.1, 0.15) is 5.75 Å². The zero-order valence-electron chi connectivity index (χ0n) is 10.3. The van der Waals surface area contributed by atoms with Crippen LogP contribution in [0.2, 0.25) is 0 Å². The van der Waals surface area contributed by atoms with E-state index in [9.17, 15) is 4.79 Å². The van der Waals surface area contributed by atoms with Gasteiger partial charge >= 0.3 is 0 Å². The van der Waals surface area contributed by atoms with Crippen molar-refractivity contribution < 1.29 is 9.53 Å². The summed E-state index contributed by atoms with van der Waals surface area (Å²) in [6, 6.07) is 3.80. The number of hydrogen-bond acceptors (Lipinski definition) is 3. The van der Waals surface area contributed by atoms with Crippen molar-refractivity contribution >= 4 is 5.78 Å². The monoisotopic (exact) mass is 221 g/mol. The average molecular weight is 221 g/mol. The van der Waals surface area contributed by atoms with Crippen LogP contribution in [0.3, 0.4) is 0 Å². The highest BCUT2D eigenvalue weighted by Gasteiger charge is 2.14. The lowest BCUT2D eigenvalue weighted by molar-refractivity contribution is 0.100. The lowest BCUT2D eigenvalue weighted by Crippen LogP contribution is -2.15. The van der Waals surface area contributed by atoms with Gasteiger partial charge in [-0.25, -0.2) is 0 Å². The van der Waals surface area contributed by atoms with Crippen LogP contribution in [-0.4, -0.2) is 19.4 Å². The largest absolute Gasteiger partial charge is 0.496 e. The van der Waals surface area contributed by atoms with Crippen LogP contribution >= 0.6 is 0 Å². The van der Waals surface area contributed by atoms with Gasteiger partial charge in [-0.3, -0.25) is 4.79 Å².